The molecule has 5 rings (SSSR count). The molecule has 0 N–H and O–H groups in total. The first-order valence-electron chi connectivity index (χ1n) is 11.6. The third kappa shape index (κ3) is 3.93. The molecular formula is C28H32N2O2. The molecule has 1 aromatic heterocycles. The summed E-state index contributed by atoms with van der Waals surface area (Å²) in [7, 11) is 0. The molecule has 0 radical (unpaired) electrons. The average Bonchev–Trinajstić information content (AvgIpc) is 2.72. The Morgan fingerprint density at radius 3 is 2.19 bits per heavy atom. The largest absolute Gasteiger partial charge is 0.487 e. The van der Waals surface area contributed by atoms with Crippen molar-refractivity contribution >= 4 is 0 Å². The molecule has 0 bridgehead atoms. The Morgan fingerprint density at radius 1 is 0.969 bits per heavy atom. The lowest BCUT2D eigenvalue weighted by molar-refractivity contribution is -0.165. The first-order valence-corrected chi connectivity index (χ1v) is 11.6. The highest BCUT2D eigenvalue weighted by atomic mass is 16.5. The molecule has 3 aromatic rings. The summed E-state index contributed by atoms with van der Waals surface area (Å²) in [5.74, 6) is 2.28. The van der Waals surface area contributed by atoms with Crippen LogP contribution >= 0.6 is 0 Å². The number of aromatic nitrogens is 2. The van der Waals surface area contributed by atoms with E-state index >= 15 is 0 Å². The zero-order valence-corrected chi connectivity index (χ0v) is 19.5. The zero-order chi connectivity index (χ0) is 22.3. The van der Waals surface area contributed by atoms with Crippen LogP contribution in [-0.2, 0) is 16.8 Å². The minimum Gasteiger partial charge on any atom is -0.487 e. The summed E-state index contributed by atoms with van der Waals surface area (Å²) in [6.07, 6.45) is 4.24. The molecule has 2 fully saturated rings. The fourth-order valence-corrected chi connectivity index (χ4v) is 4.89. The van der Waals surface area contributed by atoms with E-state index in [0.29, 0.717) is 17.9 Å². The molecule has 2 aliphatic rings. The lowest BCUT2D eigenvalue weighted by atomic mass is 9.60. The number of rotatable bonds is 6. The topological polar surface area (TPSA) is 44.2 Å². The first kappa shape index (κ1) is 21.1. The number of hydrogen-bond acceptors (Lipinski definition) is 4. The maximum Gasteiger partial charge on any atom is 0.131 e. The van der Waals surface area contributed by atoms with Gasteiger partial charge in [0.1, 0.15) is 18.2 Å². The van der Waals surface area contributed by atoms with Crippen molar-refractivity contribution in [3.63, 3.8) is 0 Å². The summed E-state index contributed by atoms with van der Waals surface area (Å²) in [4.78, 5) is 9.47. The second-order valence-corrected chi connectivity index (χ2v) is 10.3. The van der Waals surface area contributed by atoms with Crippen molar-refractivity contribution in [1.82, 2.24) is 9.97 Å². The molecule has 1 aliphatic carbocycles. The first-order chi connectivity index (χ1) is 15.3. The van der Waals surface area contributed by atoms with Gasteiger partial charge in [0.25, 0.3) is 0 Å². The maximum atomic E-state index is 6.11. The molecular weight excluding hydrogens is 396 g/mol. The molecule has 1 saturated carbocycles. The predicted octanol–water partition coefficient (Wildman–Crippen LogP) is 5.89. The fourth-order valence-electron chi connectivity index (χ4n) is 4.89. The number of benzene rings is 2. The van der Waals surface area contributed by atoms with Gasteiger partial charge in [0.2, 0.25) is 0 Å². The van der Waals surface area contributed by atoms with Gasteiger partial charge in [-0.2, -0.15) is 0 Å². The molecule has 32 heavy (non-hydrogen) atoms. The van der Waals surface area contributed by atoms with Gasteiger partial charge >= 0.3 is 0 Å². The Hall–Kier alpha value is -2.72. The average molecular weight is 429 g/mol. The van der Waals surface area contributed by atoms with Crippen LogP contribution in [0.3, 0.4) is 0 Å². The molecule has 1 aliphatic heterocycles. The van der Waals surface area contributed by atoms with E-state index in [2.05, 4.69) is 81.2 Å². The van der Waals surface area contributed by atoms with Crippen molar-refractivity contribution in [2.75, 3.05) is 13.2 Å². The van der Waals surface area contributed by atoms with Crippen LogP contribution in [0.5, 0.6) is 5.75 Å². The zero-order valence-electron chi connectivity index (χ0n) is 19.5. The third-order valence-corrected chi connectivity index (χ3v) is 7.36. The highest BCUT2D eigenvalue weighted by Gasteiger charge is 2.51. The highest BCUT2D eigenvalue weighted by molar-refractivity contribution is 5.40. The van der Waals surface area contributed by atoms with Gasteiger partial charge in [-0.1, -0.05) is 55.8 Å². The van der Waals surface area contributed by atoms with Crippen LogP contribution in [0.4, 0.5) is 0 Å². The Kier molecular flexibility index (Phi) is 5.29. The van der Waals surface area contributed by atoms with Gasteiger partial charge in [0.05, 0.1) is 18.9 Å². The Bertz CT molecular complexity index is 1090. The third-order valence-electron chi connectivity index (χ3n) is 7.36. The van der Waals surface area contributed by atoms with Gasteiger partial charge < -0.3 is 9.47 Å². The van der Waals surface area contributed by atoms with Crippen LogP contribution in [0, 0.1) is 19.3 Å². The molecule has 0 unspecified atom stereocenters. The van der Waals surface area contributed by atoms with Crippen molar-refractivity contribution in [1.29, 1.82) is 0 Å². The minimum absolute atomic E-state index is 0.0595. The Balaban J connectivity index is 1.24. The number of hydrogen-bond donors (Lipinski definition) is 0. The molecule has 2 heterocycles. The van der Waals surface area contributed by atoms with Crippen LogP contribution in [0.2, 0.25) is 0 Å². The molecule has 1 saturated heterocycles. The van der Waals surface area contributed by atoms with Gasteiger partial charge in [0, 0.05) is 22.9 Å². The molecule has 166 valence electrons. The van der Waals surface area contributed by atoms with Crippen LogP contribution in [0.1, 0.15) is 66.4 Å². The van der Waals surface area contributed by atoms with Crippen molar-refractivity contribution in [2.45, 2.75) is 58.5 Å². The maximum absolute atomic E-state index is 6.11. The number of ether oxygens (including phenoxy) is 2. The van der Waals surface area contributed by atoms with Gasteiger partial charge in [-0.15, -0.1) is 0 Å². The summed E-state index contributed by atoms with van der Waals surface area (Å²) >= 11 is 0. The summed E-state index contributed by atoms with van der Waals surface area (Å²) in [5.41, 5.74) is 6.28. The van der Waals surface area contributed by atoms with Crippen LogP contribution in [0.25, 0.3) is 0 Å². The second-order valence-electron chi connectivity index (χ2n) is 10.3. The van der Waals surface area contributed by atoms with Gasteiger partial charge in [-0.25, -0.2) is 9.97 Å². The number of aryl methyl sites for hydroxylation is 2. The number of nitrogens with zero attached hydrogens (tertiary/aromatic N) is 2. The molecule has 4 heteroatoms. The summed E-state index contributed by atoms with van der Waals surface area (Å²) in [6, 6.07) is 17.3. The Morgan fingerprint density at radius 2 is 1.59 bits per heavy atom. The summed E-state index contributed by atoms with van der Waals surface area (Å²) in [6.45, 7) is 11.0. The summed E-state index contributed by atoms with van der Waals surface area (Å²) in [5, 5.41) is 0. The van der Waals surface area contributed by atoms with Crippen molar-refractivity contribution in [3.8, 4) is 5.75 Å². The van der Waals surface area contributed by atoms with Crippen LogP contribution in [0.15, 0.2) is 54.7 Å². The predicted molar refractivity (Wildman–Crippen MR) is 126 cm³/mol. The molecule has 4 nitrogen and oxygen atoms in total. The molecule has 0 amide bonds. The molecule has 2 aromatic carbocycles. The summed E-state index contributed by atoms with van der Waals surface area (Å²) < 4.78 is 11.5. The Labute approximate surface area is 191 Å². The monoisotopic (exact) mass is 428 g/mol. The van der Waals surface area contributed by atoms with Gasteiger partial charge in [-0.3, -0.25) is 0 Å². The second kappa shape index (κ2) is 8.00. The van der Waals surface area contributed by atoms with E-state index in [-0.39, 0.29) is 5.41 Å². The van der Waals surface area contributed by atoms with Crippen LogP contribution < -0.4 is 4.74 Å². The molecule has 1 spiro atoms. The standard InChI is InChI=1S/C28H32N2O2/c1-19-5-7-22(8-6-19)27(3,4)23-9-11-24(12-10-23)32-16-25-20(2)15-29-26(30-25)21-13-28(14-21)17-31-18-28/h5-12,15,21H,13-14,16-18H2,1-4H3. The fraction of sp³-hybridized carbons (Fsp3) is 0.429. The van der Waals surface area contributed by atoms with Gasteiger partial charge in [0.15, 0.2) is 0 Å². The van der Waals surface area contributed by atoms with E-state index in [4.69, 9.17) is 14.5 Å². The lowest BCUT2D eigenvalue weighted by Gasteiger charge is -2.52. The smallest absolute Gasteiger partial charge is 0.131 e. The SMILES string of the molecule is Cc1ccc(C(C)(C)c2ccc(OCc3nc(C4CC5(COC5)C4)ncc3C)cc2)cc1. The quantitative estimate of drug-likeness (QED) is 0.491. The normalized spacial score (nSPS) is 17.6. The highest BCUT2D eigenvalue weighted by Crippen LogP contribution is 2.54. The lowest BCUT2D eigenvalue weighted by Crippen LogP contribution is -2.51. The van der Waals surface area contributed by atoms with E-state index in [1.54, 1.807) is 0 Å². The van der Waals surface area contributed by atoms with Crippen LogP contribution in [-0.4, -0.2) is 23.2 Å². The minimum atomic E-state index is -0.0595. The molecule has 0 atom stereocenters. The van der Waals surface area contributed by atoms with E-state index in [0.717, 1.165) is 48.9 Å². The van der Waals surface area contributed by atoms with Crippen molar-refractivity contribution in [2.24, 2.45) is 5.41 Å². The van der Waals surface area contributed by atoms with E-state index in [1.807, 2.05) is 6.20 Å². The van der Waals surface area contributed by atoms with E-state index in [9.17, 15) is 0 Å². The van der Waals surface area contributed by atoms with Gasteiger partial charge in [-0.05, 0) is 55.5 Å². The van der Waals surface area contributed by atoms with Crippen molar-refractivity contribution < 1.29 is 9.47 Å². The van der Waals surface area contributed by atoms with E-state index < -0.39 is 0 Å². The van der Waals surface area contributed by atoms with E-state index in [1.165, 1.54) is 16.7 Å². The van der Waals surface area contributed by atoms with Crippen molar-refractivity contribution in [3.05, 3.63) is 88.5 Å².